The Morgan fingerprint density at radius 3 is 2.21 bits per heavy atom. The summed E-state index contributed by atoms with van der Waals surface area (Å²) in [5.74, 6) is -0.776. The minimum absolute atomic E-state index is 0.0809. The van der Waals surface area contributed by atoms with Gasteiger partial charge in [0.2, 0.25) is 11.8 Å². The minimum Gasteiger partial charge on any atom is -0.493 e. The fraction of sp³-hybridized carbons (Fsp3) is 0.375. The van der Waals surface area contributed by atoms with Gasteiger partial charge in [-0.25, -0.2) is 12.8 Å². The van der Waals surface area contributed by atoms with Crippen molar-refractivity contribution < 1.29 is 31.9 Å². The van der Waals surface area contributed by atoms with Gasteiger partial charge in [-0.15, -0.1) is 0 Å². The normalized spacial score (nSPS) is 12.0. The zero-order valence-corrected chi connectivity index (χ0v) is 26.3. The third-order valence-electron chi connectivity index (χ3n) is 6.84. The Morgan fingerprint density at radius 1 is 0.953 bits per heavy atom. The number of ether oxygens (including phenoxy) is 2. The molecule has 2 amide bonds. The molecule has 0 bridgehead atoms. The van der Waals surface area contributed by atoms with Crippen LogP contribution in [0.25, 0.3) is 0 Å². The van der Waals surface area contributed by atoms with Crippen LogP contribution in [0.2, 0.25) is 0 Å². The van der Waals surface area contributed by atoms with Crippen LogP contribution >= 0.6 is 0 Å². The number of nitrogens with zero attached hydrogens (tertiary/aromatic N) is 2. The Bertz CT molecular complexity index is 1510. The standard InChI is InChI=1S/C32H40FN3O6S/c1-7-28(32(38)34-19-22(2)3)35(20-24-10-8-9-23(4)17-24)31(37)21-36(26-13-11-25(33)12-14-26)43(39,40)27-15-16-29(41-5)30(18-27)42-6/h8-18,22,28H,7,19-21H2,1-6H3,(H,34,38)/t28-/m1/s1. The lowest BCUT2D eigenvalue weighted by molar-refractivity contribution is -0.140. The fourth-order valence-corrected chi connectivity index (χ4v) is 6.02. The molecule has 0 aliphatic rings. The van der Waals surface area contributed by atoms with E-state index in [0.717, 1.165) is 27.6 Å². The van der Waals surface area contributed by atoms with Crippen molar-refractivity contribution in [3.63, 3.8) is 0 Å². The van der Waals surface area contributed by atoms with Crippen molar-refractivity contribution in [3.8, 4) is 11.5 Å². The zero-order chi connectivity index (χ0) is 31.7. The predicted octanol–water partition coefficient (Wildman–Crippen LogP) is 4.93. The second-order valence-electron chi connectivity index (χ2n) is 10.6. The van der Waals surface area contributed by atoms with Crippen molar-refractivity contribution in [2.24, 2.45) is 5.92 Å². The molecule has 232 valence electrons. The number of carbonyl (C=O) groups excluding carboxylic acids is 2. The van der Waals surface area contributed by atoms with Crippen LogP contribution in [-0.4, -0.2) is 58.5 Å². The smallest absolute Gasteiger partial charge is 0.264 e. The number of benzene rings is 3. The molecule has 0 heterocycles. The van der Waals surface area contributed by atoms with Crippen LogP contribution in [0.15, 0.2) is 71.6 Å². The summed E-state index contributed by atoms with van der Waals surface area (Å²) < 4.78 is 53.5. The van der Waals surface area contributed by atoms with Crippen molar-refractivity contribution in [2.75, 3.05) is 31.6 Å². The molecule has 9 nitrogen and oxygen atoms in total. The van der Waals surface area contributed by atoms with Gasteiger partial charge in [-0.1, -0.05) is 50.6 Å². The van der Waals surface area contributed by atoms with Crippen molar-refractivity contribution in [1.82, 2.24) is 10.2 Å². The van der Waals surface area contributed by atoms with Crippen LogP contribution in [0.5, 0.6) is 11.5 Å². The molecule has 0 aliphatic carbocycles. The summed E-state index contributed by atoms with van der Waals surface area (Å²) in [7, 11) is -1.57. The maximum absolute atomic E-state index is 14.1. The molecule has 11 heteroatoms. The lowest BCUT2D eigenvalue weighted by Gasteiger charge is -2.33. The Balaban J connectivity index is 2.08. The highest BCUT2D eigenvalue weighted by Gasteiger charge is 2.34. The molecule has 0 saturated heterocycles. The van der Waals surface area contributed by atoms with Gasteiger partial charge in [-0.3, -0.25) is 13.9 Å². The Kier molecular flexibility index (Phi) is 11.5. The molecular weight excluding hydrogens is 573 g/mol. The molecule has 43 heavy (non-hydrogen) atoms. The van der Waals surface area contributed by atoms with E-state index in [1.807, 2.05) is 45.0 Å². The fourth-order valence-electron chi connectivity index (χ4n) is 4.59. The topological polar surface area (TPSA) is 105 Å². The van der Waals surface area contributed by atoms with E-state index >= 15 is 0 Å². The Hall–Kier alpha value is -4.12. The van der Waals surface area contributed by atoms with Gasteiger partial charge in [0.1, 0.15) is 18.4 Å². The Labute approximate surface area is 253 Å². The number of nitrogens with one attached hydrogen (secondary N) is 1. The lowest BCUT2D eigenvalue weighted by atomic mass is 10.1. The minimum atomic E-state index is -4.38. The van der Waals surface area contributed by atoms with E-state index in [0.29, 0.717) is 18.7 Å². The van der Waals surface area contributed by atoms with E-state index in [-0.39, 0.29) is 34.7 Å². The van der Waals surface area contributed by atoms with Crippen LogP contribution in [0, 0.1) is 18.7 Å². The van der Waals surface area contributed by atoms with Gasteiger partial charge in [-0.2, -0.15) is 0 Å². The zero-order valence-electron chi connectivity index (χ0n) is 25.5. The molecule has 3 aromatic carbocycles. The van der Waals surface area contributed by atoms with Gasteiger partial charge < -0.3 is 19.7 Å². The molecule has 0 aromatic heterocycles. The molecule has 3 aromatic rings. The van der Waals surface area contributed by atoms with Crippen LogP contribution in [0.1, 0.15) is 38.3 Å². The summed E-state index contributed by atoms with van der Waals surface area (Å²) in [5.41, 5.74) is 1.85. The number of hydrogen-bond donors (Lipinski definition) is 1. The molecule has 0 aliphatic heterocycles. The van der Waals surface area contributed by atoms with E-state index in [9.17, 15) is 22.4 Å². The highest BCUT2D eigenvalue weighted by Crippen LogP contribution is 2.32. The molecule has 1 atom stereocenters. The second kappa shape index (κ2) is 14.9. The van der Waals surface area contributed by atoms with Crippen molar-refractivity contribution in [1.29, 1.82) is 0 Å². The SMILES string of the molecule is CC[C@H](C(=O)NCC(C)C)N(Cc1cccc(C)c1)C(=O)CN(c1ccc(F)cc1)S(=O)(=O)c1ccc(OC)c(OC)c1. The highest BCUT2D eigenvalue weighted by molar-refractivity contribution is 7.92. The largest absolute Gasteiger partial charge is 0.493 e. The van der Waals surface area contributed by atoms with Crippen LogP contribution < -0.4 is 19.1 Å². The molecule has 3 rings (SSSR count). The summed E-state index contributed by atoms with van der Waals surface area (Å²) in [6.45, 7) is 7.54. The number of sulfonamides is 1. The van der Waals surface area contributed by atoms with Crippen molar-refractivity contribution in [2.45, 2.75) is 51.6 Å². The van der Waals surface area contributed by atoms with Crippen LogP contribution in [-0.2, 0) is 26.2 Å². The van der Waals surface area contributed by atoms with E-state index in [4.69, 9.17) is 9.47 Å². The average Bonchev–Trinajstić information content (AvgIpc) is 2.98. The number of anilines is 1. The maximum Gasteiger partial charge on any atom is 0.264 e. The third kappa shape index (κ3) is 8.47. The van der Waals surface area contributed by atoms with Crippen molar-refractivity contribution in [3.05, 3.63) is 83.7 Å². The number of rotatable bonds is 14. The first-order valence-electron chi connectivity index (χ1n) is 14.0. The molecule has 0 unspecified atom stereocenters. The average molecular weight is 614 g/mol. The van der Waals surface area contributed by atoms with E-state index < -0.39 is 34.3 Å². The number of methoxy groups -OCH3 is 2. The Morgan fingerprint density at radius 2 is 1.63 bits per heavy atom. The maximum atomic E-state index is 14.1. The number of carbonyl (C=O) groups is 2. The van der Waals surface area contributed by atoms with Gasteiger partial charge in [-0.05, 0) is 61.2 Å². The molecule has 0 spiro atoms. The monoisotopic (exact) mass is 613 g/mol. The third-order valence-corrected chi connectivity index (χ3v) is 8.61. The van der Waals surface area contributed by atoms with Gasteiger partial charge in [0.15, 0.2) is 11.5 Å². The number of halogens is 1. The highest BCUT2D eigenvalue weighted by atomic mass is 32.2. The molecule has 0 radical (unpaired) electrons. The number of hydrogen-bond acceptors (Lipinski definition) is 6. The van der Waals surface area contributed by atoms with E-state index in [1.165, 1.54) is 49.5 Å². The molecule has 0 saturated carbocycles. The van der Waals surface area contributed by atoms with Gasteiger partial charge in [0, 0.05) is 19.2 Å². The molecule has 0 fully saturated rings. The number of amides is 2. The van der Waals surface area contributed by atoms with Gasteiger partial charge in [0.05, 0.1) is 24.8 Å². The quantitative estimate of drug-likeness (QED) is 0.277. The first kappa shape index (κ1) is 33.4. The summed E-state index contributed by atoms with van der Waals surface area (Å²) in [6, 6.07) is 15.6. The first-order valence-corrected chi connectivity index (χ1v) is 15.5. The van der Waals surface area contributed by atoms with Crippen LogP contribution in [0.4, 0.5) is 10.1 Å². The van der Waals surface area contributed by atoms with Gasteiger partial charge in [0.25, 0.3) is 10.0 Å². The first-order chi connectivity index (χ1) is 20.4. The summed E-state index contributed by atoms with van der Waals surface area (Å²) in [6.07, 6.45) is 0.306. The van der Waals surface area contributed by atoms with Gasteiger partial charge >= 0.3 is 0 Å². The summed E-state index contributed by atoms with van der Waals surface area (Å²) in [5, 5.41) is 2.90. The lowest BCUT2D eigenvalue weighted by Crippen LogP contribution is -2.52. The summed E-state index contributed by atoms with van der Waals surface area (Å²) >= 11 is 0. The summed E-state index contributed by atoms with van der Waals surface area (Å²) in [4.78, 5) is 28.7. The van der Waals surface area contributed by atoms with Crippen LogP contribution in [0.3, 0.4) is 0 Å². The molecule has 1 N–H and O–H groups in total. The second-order valence-corrected chi connectivity index (χ2v) is 12.4. The van der Waals surface area contributed by atoms with E-state index in [1.54, 1.807) is 6.92 Å². The predicted molar refractivity (Wildman–Crippen MR) is 164 cm³/mol. The number of aryl methyl sites for hydroxylation is 1. The van der Waals surface area contributed by atoms with E-state index in [2.05, 4.69) is 5.32 Å². The van der Waals surface area contributed by atoms with Crippen molar-refractivity contribution >= 4 is 27.5 Å². The molecular formula is C32H40FN3O6S.